The number of piperidine rings is 1. The van der Waals surface area contributed by atoms with E-state index in [1.54, 1.807) is 29.9 Å². The molecule has 0 radical (unpaired) electrons. The maximum absolute atomic E-state index is 12.7. The van der Waals surface area contributed by atoms with Gasteiger partial charge in [-0.2, -0.15) is 0 Å². The van der Waals surface area contributed by atoms with Crippen LogP contribution in [0.15, 0.2) is 54.9 Å². The van der Waals surface area contributed by atoms with Gasteiger partial charge >= 0.3 is 0 Å². The summed E-state index contributed by atoms with van der Waals surface area (Å²) < 4.78 is 1.60. The zero-order valence-corrected chi connectivity index (χ0v) is 18.3. The Balaban J connectivity index is 1.41. The predicted octanol–water partition coefficient (Wildman–Crippen LogP) is 3.94. The minimum Gasteiger partial charge on any atom is -0.377 e. The molecule has 1 aliphatic heterocycles. The molecular weight excluding hydrogens is 406 g/mol. The van der Waals surface area contributed by atoms with E-state index in [9.17, 15) is 14.9 Å². The Morgan fingerprint density at radius 1 is 1.22 bits per heavy atom. The SMILES string of the molecule is Cc1cccc(CN2CCC(Nc3ccc(C(=O)c4nccn4C)cc3[N+](=O)[O-])CC2)c1. The number of hydrogen-bond donors (Lipinski definition) is 1. The van der Waals surface area contributed by atoms with E-state index in [2.05, 4.69) is 46.4 Å². The fourth-order valence-corrected chi connectivity index (χ4v) is 4.18. The van der Waals surface area contributed by atoms with Gasteiger partial charge in [-0.05, 0) is 37.5 Å². The van der Waals surface area contributed by atoms with Crippen LogP contribution in [0, 0.1) is 17.0 Å². The molecule has 1 aromatic heterocycles. The minimum atomic E-state index is -0.440. The lowest BCUT2D eigenvalue weighted by Gasteiger charge is -2.32. The molecule has 2 heterocycles. The Morgan fingerprint density at radius 2 is 2.00 bits per heavy atom. The van der Waals surface area contributed by atoms with Crippen molar-refractivity contribution in [3.8, 4) is 0 Å². The molecular formula is C24H27N5O3. The van der Waals surface area contributed by atoms with Gasteiger partial charge in [-0.15, -0.1) is 0 Å². The van der Waals surface area contributed by atoms with Crippen molar-refractivity contribution in [2.75, 3.05) is 18.4 Å². The van der Waals surface area contributed by atoms with Crippen LogP contribution in [0.25, 0.3) is 0 Å². The summed E-state index contributed by atoms with van der Waals surface area (Å²) in [5.74, 6) is -0.0856. The monoisotopic (exact) mass is 433 g/mol. The second-order valence-corrected chi connectivity index (χ2v) is 8.36. The maximum atomic E-state index is 12.7. The predicted molar refractivity (Wildman–Crippen MR) is 123 cm³/mol. The third-order valence-electron chi connectivity index (χ3n) is 5.92. The highest BCUT2D eigenvalue weighted by molar-refractivity contribution is 6.07. The molecule has 1 fully saturated rings. The third-order valence-corrected chi connectivity index (χ3v) is 5.92. The van der Waals surface area contributed by atoms with Crippen LogP contribution >= 0.6 is 0 Å². The summed E-state index contributed by atoms with van der Waals surface area (Å²) in [4.78, 5) is 30.4. The van der Waals surface area contributed by atoms with E-state index < -0.39 is 4.92 Å². The Bertz CT molecular complexity index is 1130. The Hall–Kier alpha value is -3.52. The van der Waals surface area contributed by atoms with E-state index >= 15 is 0 Å². The van der Waals surface area contributed by atoms with Crippen molar-refractivity contribution in [2.45, 2.75) is 32.4 Å². The molecule has 166 valence electrons. The number of nitro groups is 1. The number of nitrogens with zero attached hydrogens (tertiary/aromatic N) is 4. The molecule has 1 N–H and O–H groups in total. The first kappa shape index (κ1) is 21.7. The summed E-state index contributed by atoms with van der Waals surface area (Å²) in [6.45, 7) is 4.87. The van der Waals surface area contributed by atoms with Crippen LogP contribution in [-0.4, -0.2) is 44.3 Å². The number of nitro benzene ring substituents is 1. The molecule has 0 spiro atoms. The maximum Gasteiger partial charge on any atom is 0.293 e. The van der Waals surface area contributed by atoms with Crippen molar-refractivity contribution >= 4 is 17.2 Å². The minimum absolute atomic E-state index is 0.0905. The molecule has 1 aliphatic rings. The fraction of sp³-hybridized carbons (Fsp3) is 0.333. The van der Waals surface area contributed by atoms with Crippen LogP contribution in [-0.2, 0) is 13.6 Å². The van der Waals surface area contributed by atoms with E-state index in [1.165, 1.54) is 23.4 Å². The second kappa shape index (κ2) is 9.32. The van der Waals surface area contributed by atoms with Crippen molar-refractivity contribution in [1.29, 1.82) is 0 Å². The number of benzene rings is 2. The molecule has 0 amide bonds. The first-order valence-electron chi connectivity index (χ1n) is 10.8. The number of carbonyl (C=O) groups excluding carboxylic acids is 1. The quantitative estimate of drug-likeness (QED) is 0.345. The zero-order chi connectivity index (χ0) is 22.7. The Kier molecular flexibility index (Phi) is 6.32. The van der Waals surface area contributed by atoms with E-state index in [0.717, 1.165) is 32.5 Å². The highest BCUT2D eigenvalue weighted by Gasteiger charge is 2.24. The number of ketones is 1. The fourth-order valence-electron chi connectivity index (χ4n) is 4.18. The van der Waals surface area contributed by atoms with Crippen LogP contribution in [0.4, 0.5) is 11.4 Å². The van der Waals surface area contributed by atoms with Crippen LogP contribution in [0.5, 0.6) is 0 Å². The molecule has 2 aromatic carbocycles. The van der Waals surface area contributed by atoms with E-state index in [4.69, 9.17) is 0 Å². The van der Waals surface area contributed by atoms with Gasteiger partial charge in [0.25, 0.3) is 5.69 Å². The molecule has 32 heavy (non-hydrogen) atoms. The molecule has 8 nitrogen and oxygen atoms in total. The van der Waals surface area contributed by atoms with Gasteiger partial charge in [0.05, 0.1) is 4.92 Å². The molecule has 0 atom stereocenters. The molecule has 0 aliphatic carbocycles. The lowest BCUT2D eigenvalue weighted by Crippen LogP contribution is -2.38. The van der Waals surface area contributed by atoms with Crippen LogP contribution in [0.2, 0.25) is 0 Å². The number of aryl methyl sites for hydroxylation is 2. The standard InChI is InChI=1S/C24H27N5O3/c1-17-4-3-5-18(14-17)16-28-11-8-20(9-12-28)26-21-7-6-19(15-22(21)29(31)32)23(30)24-25-10-13-27(24)2/h3-7,10,13-15,20,26H,8-9,11-12,16H2,1-2H3. The van der Waals surface area contributed by atoms with Crippen molar-refractivity contribution in [2.24, 2.45) is 7.05 Å². The van der Waals surface area contributed by atoms with Crippen LogP contribution in [0.3, 0.4) is 0 Å². The molecule has 8 heteroatoms. The van der Waals surface area contributed by atoms with Crippen molar-refractivity contribution in [1.82, 2.24) is 14.5 Å². The topological polar surface area (TPSA) is 93.3 Å². The lowest BCUT2D eigenvalue weighted by molar-refractivity contribution is -0.384. The third kappa shape index (κ3) is 4.86. The zero-order valence-electron chi connectivity index (χ0n) is 18.3. The van der Waals surface area contributed by atoms with Gasteiger partial charge in [-0.1, -0.05) is 29.8 Å². The summed E-state index contributed by atoms with van der Waals surface area (Å²) in [5, 5.41) is 15.0. The second-order valence-electron chi connectivity index (χ2n) is 8.36. The molecule has 0 bridgehead atoms. The molecule has 0 unspecified atom stereocenters. The average molecular weight is 434 g/mol. The largest absolute Gasteiger partial charge is 0.377 e. The van der Waals surface area contributed by atoms with Crippen molar-refractivity contribution < 1.29 is 9.72 Å². The van der Waals surface area contributed by atoms with Gasteiger partial charge in [-0.25, -0.2) is 4.98 Å². The first-order valence-corrected chi connectivity index (χ1v) is 10.8. The van der Waals surface area contributed by atoms with Gasteiger partial charge in [0, 0.05) is 56.7 Å². The number of anilines is 1. The average Bonchev–Trinajstić information content (AvgIpc) is 3.20. The Labute approximate surface area is 187 Å². The molecule has 1 saturated heterocycles. The summed E-state index contributed by atoms with van der Waals surface area (Å²) in [6.07, 6.45) is 5.00. The lowest BCUT2D eigenvalue weighted by atomic mass is 10.0. The van der Waals surface area contributed by atoms with Gasteiger partial charge in [-0.3, -0.25) is 19.8 Å². The molecule has 0 saturated carbocycles. The normalized spacial score (nSPS) is 14.9. The highest BCUT2D eigenvalue weighted by atomic mass is 16.6. The van der Waals surface area contributed by atoms with E-state index in [0.29, 0.717) is 5.69 Å². The van der Waals surface area contributed by atoms with E-state index in [-0.39, 0.29) is 28.9 Å². The summed E-state index contributed by atoms with van der Waals surface area (Å²) in [5.41, 5.74) is 3.18. The van der Waals surface area contributed by atoms with Crippen molar-refractivity contribution in [3.05, 3.63) is 87.5 Å². The number of rotatable bonds is 7. The highest BCUT2D eigenvalue weighted by Crippen LogP contribution is 2.29. The Morgan fingerprint density at radius 3 is 2.66 bits per heavy atom. The number of likely N-dealkylation sites (tertiary alicyclic amines) is 1. The number of carbonyl (C=O) groups is 1. The molecule has 3 aromatic rings. The summed E-state index contributed by atoms with van der Waals surface area (Å²) >= 11 is 0. The van der Waals surface area contributed by atoms with Gasteiger partial charge < -0.3 is 9.88 Å². The summed E-state index contributed by atoms with van der Waals surface area (Å²) in [6, 6.07) is 13.3. The first-order chi connectivity index (χ1) is 15.4. The van der Waals surface area contributed by atoms with E-state index in [1.807, 2.05) is 0 Å². The van der Waals surface area contributed by atoms with Gasteiger partial charge in [0.1, 0.15) is 5.69 Å². The van der Waals surface area contributed by atoms with Gasteiger partial charge in [0.2, 0.25) is 5.78 Å². The number of nitrogens with one attached hydrogen (secondary N) is 1. The smallest absolute Gasteiger partial charge is 0.293 e. The number of hydrogen-bond acceptors (Lipinski definition) is 6. The van der Waals surface area contributed by atoms with Crippen LogP contribution in [0.1, 0.15) is 40.2 Å². The molecule has 4 rings (SSSR count). The number of aromatic nitrogens is 2. The van der Waals surface area contributed by atoms with Crippen LogP contribution < -0.4 is 5.32 Å². The van der Waals surface area contributed by atoms with Gasteiger partial charge in [0.15, 0.2) is 5.82 Å². The number of imidazole rings is 1. The van der Waals surface area contributed by atoms with Crippen molar-refractivity contribution in [3.63, 3.8) is 0 Å². The summed E-state index contributed by atoms with van der Waals surface area (Å²) in [7, 11) is 1.72.